The number of primary amides is 2. The largest absolute Gasteiger partial charge is 0.366 e. The van der Waals surface area contributed by atoms with E-state index in [1.54, 1.807) is 18.3 Å². The highest BCUT2D eigenvalue weighted by molar-refractivity contribution is 8.02. The fourth-order valence-electron chi connectivity index (χ4n) is 3.44. The van der Waals surface area contributed by atoms with Crippen LogP contribution in [-0.2, 0) is 0 Å². The van der Waals surface area contributed by atoms with Gasteiger partial charge in [-0.05, 0) is 62.1 Å². The van der Waals surface area contributed by atoms with Crippen molar-refractivity contribution in [2.24, 2.45) is 11.5 Å². The Morgan fingerprint density at radius 2 is 1.68 bits per heavy atom. The number of nitrogens with two attached hydrogens (primary N) is 2. The van der Waals surface area contributed by atoms with Crippen molar-refractivity contribution < 1.29 is 9.59 Å². The summed E-state index contributed by atoms with van der Waals surface area (Å²) in [5.41, 5.74) is 13.4. The summed E-state index contributed by atoms with van der Waals surface area (Å²) in [6.45, 7) is 15.9. The van der Waals surface area contributed by atoms with Crippen LogP contribution in [-0.4, -0.2) is 41.1 Å². The van der Waals surface area contributed by atoms with E-state index >= 15 is 0 Å². The summed E-state index contributed by atoms with van der Waals surface area (Å²) in [5.74, 6) is 0.689. The van der Waals surface area contributed by atoms with E-state index in [0.29, 0.717) is 17.3 Å². The minimum Gasteiger partial charge on any atom is -0.366 e. The lowest BCUT2D eigenvalue weighted by Gasteiger charge is -2.28. The molecule has 1 fully saturated rings. The molecule has 0 spiro atoms. The molecule has 0 atom stereocenters. The number of hydrogen-bond donors (Lipinski definition) is 3. The van der Waals surface area contributed by atoms with Gasteiger partial charge in [0.25, 0.3) is 5.91 Å². The first-order valence-corrected chi connectivity index (χ1v) is 13.8. The van der Waals surface area contributed by atoms with Crippen LogP contribution in [0.25, 0.3) is 0 Å². The third-order valence-corrected chi connectivity index (χ3v) is 6.03. The molecule has 2 heterocycles. The van der Waals surface area contributed by atoms with E-state index < -0.39 is 5.91 Å². The van der Waals surface area contributed by atoms with E-state index in [9.17, 15) is 9.59 Å². The molecule has 202 valence electrons. The minimum atomic E-state index is -0.596. The Hall–Kier alpha value is -3.33. The summed E-state index contributed by atoms with van der Waals surface area (Å²) in [6, 6.07) is 7.39. The van der Waals surface area contributed by atoms with Crippen molar-refractivity contribution in [2.45, 2.75) is 59.8 Å². The third-order valence-electron chi connectivity index (χ3n) is 5.37. The summed E-state index contributed by atoms with van der Waals surface area (Å²) >= 11 is 1.51. The van der Waals surface area contributed by atoms with Gasteiger partial charge in [-0.1, -0.05) is 52.0 Å². The van der Waals surface area contributed by atoms with Gasteiger partial charge < -0.3 is 21.7 Å². The third kappa shape index (κ3) is 10.7. The number of carbonyl (C=O) groups excluding carboxylic acids is 2. The Morgan fingerprint density at radius 3 is 2.14 bits per heavy atom. The Bertz CT molecular complexity index is 1060. The first-order chi connectivity index (χ1) is 17.6. The SMILES string of the molecule is C=C(C)/C=C(/Nc1nc(N2CCCCC2)cnc1C(N)=O)SC.CC.CC(C)c1ccc(C(N)=O)cc1. The van der Waals surface area contributed by atoms with Crippen LogP contribution in [0.1, 0.15) is 86.2 Å². The van der Waals surface area contributed by atoms with Gasteiger partial charge in [-0.3, -0.25) is 9.59 Å². The number of nitrogens with one attached hydrogen (secondary N) is 1. The van der Waals surface area contributed by atoms with Crippen LogP contribution in [0.2, 0.25) is 0 Å². The molecule has 2 aromatic rings. The van der Waals surface area contributed by atoms with Gasteiger partial charge in [0.1, 0.15) is 5.82 Å². The quantitative estimate of drug-likeness (QED) is 0.377. The number of nitrogens with zero attached hydrogens (tertiary/aromatic N) is 3. The highest BCUT2D eigenvalue weighted by Gasteiger charge is 2.18. The van der Waals surface area contributed by atoms with Gasteiger partial charge >= 0.3 is 0 Å². The van der Waals surface area contributed by atoms with Crippen molar-refractivity contribution in [1.82, 2.24) is 9.97 Å². The molecule has 37 heavy (non-hydrogen) atoms. The molecule has 3 rings (SSSR count). The topological polar surface area (TPSA) is 127 Å². The normalized spacial score (nSPS) is 13.1. The van der Waals surface area contributed by atoms with Gasteiger partial charge in [0.2, 0.25) is 5.91 Å². The fraction of sp³-hybridized carbons (Fsp3) is 0.429. The smallest absolute Gasteiger partial charge is 0.271 e. The maximum atomic E-state index is 11.6. The number of carbonyl (C=O) groups is 2. The number of anilines is 2. The first kappa shape index (κ1) is 31.7. The summed E-state index contributed by atoms with van der Waals surface area (Å²) in [4.78, 5) is 33.3. The maximum Gasteiger partial charge on any atom is 0.271 e. The number of rotatable bonds is 8. The van der Waals surface area contributed by atoms with Crippen molar-refractivity contribution in [3.63, 3.8) is 0 Å². The molecule has 2 amide bonds. The first-order valence-electron chi connectivity index (χ1n) is 12.6. The Kier molecular flexibility index (Phi) is 14.1. The van der Waals surface area contributed by atoms with Crippen LogP contribution in [0.3, 0.4) is 0 Å². The van der Waals surface area contributed by atoms with E-state index in [1.807, 2.05) is 45.2 Å². The molecular formula is C28H42N6O2S. The minimum absolute atomic E-state index is 0.146. The van der Waals surface area contributed by atoms with Gasteiger partial charge in [0.15, 0.2) is 11.5 Å². The Morgan fingerprint density at radius 1 is 1.08 bits per heavy atom. The molecule has 0 aliphatic carbocycles. The summed E-state index contributed by atoms with van der Waals surface area (Å²) in [5, 5.41) is 3.99. The molecule has 8 nitrogen and oxygen atoms in total. The van der Waals surface area contributed by atoms with Crippen LogP contribution < -0.4 is 21.7 Å². The second kappa shape index (κ2) is 16.4. The van der Waals surface area contributed by atoms with Crippen molar-refractivity contribution in [3.05, 3.63) is 70.5 Å². The van der Waals surface area contributed by atoms with Crippen LogP contribution in [0.5, 0.6) is 0 Å². The summed E-state index contributed by atoms with van der Waals surface area (Å²) < 4.78 is 0. The second-order valence-corrected chi connectivity index (χ2v) is 9.51. The van der Waals surface area contributed by atoms with Gasteiger partial charge in [-0.2, -0.15) is 0 Å². The van der Waals surface area contributed by atoms with Gasteiger partial charge in [0, 0.05) is 18.7 Å². The number of benzene rings is 1. The highest BCUT2D eigenvalue weighted by Crippen LogP contribution is 2.24. The van der Waals surface area contributed by atoms with E-state index in [4.69, 9.17) is 11.5 Å². The molecule has 0 unspecified atom stereocenters. The lowest BCUT2D eigenvalue weighted by Crippen LogP contribution is -2.31. The Balaban J connectivity index is 0.000000411. The molecule has 1 aliphatic rings. The molecule has 1 aliphatic heterocycles. The Labute approximate surface area is 226 Å². The van der Waals surface area contributed by atoms with Gasteiger partial charge in [-0.15, -0.1) is 11.8 Å². The van der Waals surface area contributed by atoms with E-state index in [-0.39, 0.29) is 11.6 Å². The van der Waals surface area contributed by atoms with E-state index in [2.05, 4.69) is 40.6 Å². The highest BCUT2D eigenvalue weighted by atomic mass is 32.2. The monoisotopic (exact) mass is 526 g/mol. The number of piperidine rings is 1. The van der Waals surface area contributed by atoms with Crippen LogP contribution in [0.4, 0.5) is 11.6 Å². The molecule has 0 bridgehead atoms. The van der Waals surface area contributed by atoms with E-state index in [1.165, 1.54) is 23.7 Å². The number of thioether (sulfide) groups is 1. The van der Waals surface area contributed by atoms with Crippen molar-refractivity contribution >= 4 is 35.2 Å². The molecule has 1 aromatic heterocycles. The van der Waals surface area contributed by atoms with Crippen molar-refractivity contribution in [1.29, 1.82) is 0 Å². The molecule has 9 heteroatoms. The van der Waals surface area contributed by atoms with Crippen LogP contribution in [0, 0.1) is 0 Å². The summed E-state index contributed by atoms with van der Waals surface area (Å²) in [7, 11) is 0. The molecular weight excluding hydrogens is 484 g/mol. The molecule has 1 aromatic carbocycles. The molecule has 0 saturated carbocycles. The number of hydrogen-bond acceptors (Lipinski definition) is 7. The van der Waals surface area contributed by atoms with Crippen LogP contribution >= 0.6 is 11.8 Å². The van der Waals surface area contributed by atoms with Crippen LogP contribution in [0.15, 0.2) is 53.7 Å². The molecule has 5 N–H and O–H groups in total. The van der Waals surface area contributed by atoms with Crippen molar-refractivity contribution in [2.75, 3.05) is 29.6 Å². The fourth-order valence-corrected chi connectivity index (χ4v) is 3.96. The predicted molar refractivity (Wildman–Crippen MR) is 157 cm³/mol. The van der Waals surface area contributed by atoms with Crippen molar-refractivity contribution in [3.8, 4) is 0 Å². The zero-order valence-electron chi connectivity index (χ0n) is 23.0. The summed E-state index contributed by atoms with van der Waals surface area (Å²) in [6.07, 6.45) is 8.99. The zero-order valence-corrected chi connectivity index (χ0v) is 23.8. The average molecular weight is 527 g/mol. The standard InChI is InChI=1S/C16H23N5OS.C10H13NO.C2H6/c1-11(2)9-13(23-3)20-16-14(15(17)22)18-10-12(19-16)21-7-5-4-6-8-21;1-7(2)8-3-5-9(6-4-8)10(11)12;1-2/h9-10H,1,4-8H2,2-3H3,(H2,17,22)(H,19,20);3-7H,1-2H3,(H2,11,12);1-2H3/b13-9-;;. The zero-order chi connectivity index (χ0) is 28.0. The lowest BCUT2D eigenvalue weighted by atomic mass is 10.0. The number of amides is 2. The van der Waals surface area contributed by atoms with Gasteiger partial charge in [0.05, 0.1) is 11.2 Å². The number of aromatic nitrogens is 2. The second-order valence-electron chi connectivity index (χ2n) is 8.66. The molecule has 1 saturated heterocycles. The maximum absolute atomic E-state index is 11.6. The lowest BCUT2D eigenvalue weighted by molar-refractivity contribution is 0.0989. The average Bonchev–Trinajstić information content (AvgIpc) is 2.90. The predicted octanol–water partition coefficient (Wildman–Crippen LogP) is 5.69. The molecule has 0 radical (unpaired) electrons. The number of allylic oxidation sites excluding steroid dienone is 2. The van der Waals surface area contributed by atoms with Gasteiger partial charge in [-0.25, -0.2) is 9.97 Å². The van der Waals surface area contributed by atoms with E-state index in [0.717, 1.165) is 42.4 Å².